The monoisotopic (exact) mass is 194 g/mol. The molecule has 2 fully saturated rings. The Morgan fingerprint density at radius 3 is 1.93 bits per heavy atom. The number of hydrogen-bond acceptors (Lipinski definition) is 0. The lowest BCUT2D eigenvalue weighted by Crippen LogP contribution is -2.31. The molecule has 0 aromatic rings. The normalized spacial score (nSPS) is 28.5. The van der Waals surface area contributed by atoms with Gasteiger partial charge in [0.15, 0.2) is 0 Å². The predicted octanol–water partition coefficient (Wildman–Crippen LogP) is 4.78. The zero-order valence-corrected chi connectivity index (χ0v) is 10.0. The highest BCUT2D eigenvalue weighted by atomic mass is 14.4. The maximum absolute atomic E-state index is 2.41. The van der Waals surface area contributed by atoms with E-state index in [2.05, 4.69) is 13.8 Å². The summed E-state index contributed by atoms with van der Waals surface area (Å²) in [5.41, 5.74) is 0.823. The molecule has 0 unspecified atom stereocenters. The lowest BCUT2D eigenvalue weighted by Gasteiger charge is -2.44. The minimum atomic E-state index is 0.823. The standard InChI is InChI=1S/C14H26/c1-12(2)13-6-10-14(11-7-13)8-4-3-5-9-14/h12-13H,3-11H2,1-2H3. The van der Waals surface area contributed by atoms with Crippen molar-refractivity contribution in [3.8, 4) is 0 Å². The van der Waals surface area contributed by atoms with E-state index in [0.717, 1.165) is 17.3 Å². The maximum Gasteiger partial charge on any atom is -0.0297 e. The zero-order valence-electron chi connectivity index (χ0n) is 10.0. The molecule has 82 valence electrons. The quantitative estimate of drug-likeness (QED) is 0.563. The van der Waals surface area contributed by atoms with Gasteiger partial charge in [0.2, 0.25) is 0 Å². The van der Waals surface area contributed by atoms with Crippen LogP contribution in [0.25, 0.3) is 0 Å². The third-order valence-corrected chi connectivity index (χ3v) is 4.95. The Bertz CT molecular complexity index is 164. The Hall–Kier alpha value is 0. The molecule has 0 atom stereocenters. The van der Waals surface area contributed by atoms with Gasteiger partial charge in [-0.15, -0.1) is 0 Å². The minimum Gasteiger partial charge on any atom is -0.0625 e. The van der Waals surface area contributed by atoms with Crippen molar-refractivity contribution in [3.05, 3.63) is 0 Å². The molecule has 2 rings (SSSR count). The van der Waals surface area contributed by atoms with Crippen LogP contribution in [0.4, 0.5) is 0 Å². The van der Waals surface area contributed by atoms with Crippen LogP contribution >= 0.6 is 0 Å². The van der Waals surface area contributed by atoms with Crippen molar-refractivity contribution in [2.45, 2.75) is 71.6 Å². The Balaban J connectivity index is 1.87. The Kier molecular flexibility index (Phi) is 3.19. The van der Waals surface area contributed by atoms with Crippen LogP contribution in [0.3, 0.4) is 0 Å². The van der Waals surface area contributed by atoms with E-state index >= 15 is 0 Å². The largest absolute Gasteiger partial charge is 0.0625 e. The van der Waals surface area contributed by atoms with Crippen LogP contribution in [-0.2, 0) is 0 Å². The first-order valence-corrected chi connectivity index (χ1v) is 6.72. The number of rotatable bonds is 1. The average molecular weight is 194 g/mol. The molecule has 0 heterocycles. The van der Waals surface area contributed by atoms with Crippen molar-refractivity contribution in [3.63, 3.8) is 0 Å². The third kappa shape index (κ3) is 2.15. The van der Waals surface area contributed by atoms with Gasteiger partial charge < -0.3 is 0 Å². The second-order valence-corrected chi connectivity index (χ2v) is 6.14. The molecule has 2 aliphatic rings. The summed E-state index contributed by atoms with van der Waals surface area (Å²) in [5, 5.41) is 0. The highest BCUT2D eigenvalue weighted by Gasteiger charge is 2.36. The van der Waals surface area contributed by atoms with E-state index in [1.165, 1.54) is 32.1 Å². The van der Waals surface area contributed by atoms with Crippen LogP contribution in [0.5, 0.6) is 0 Å². The van der Waals surface area contributed by atoms with E-state index in [-0.39, 0.29) is 0 Å². The van der Waals surface area contributed by atoms with Gasteiger partial charge in [-0.3, -0.25) is 0 Å². The summed E-state index contributed by atoms with van der Waals surface area (Å²) in [7, 11) is 0. The molecule has 0 amide bonds. The highest BCUT2D eigenvalue weighted by Crippen LogP contribution is 2.49. The predicted molar refractivity (Wildman–Crippen MR) is 62.3 cm³/mol. The Morgan fingerprint density at radius 1 is 0.857 bits per heavy atom. The zero-order chi connectivity index (χ0) is 10.0. The molecule has 0 saturated heterocycles. The Morgan fingerprint density at radius 2 is 1.43 bits per heavy atom. The van der Waals surface area contributed by atoms with E-state index in [1.54, 1.807) is 25.7 Å². The van der Waals surface area contributed by atoms with E-state index in [4.69, 9.17) is 0 Å². The molecule has 0 nitrogen and oxygen atoms in total. The summed E-state index contributed by atoms with van der Waals surface area (Å²) in [4.78, 5) is 0. The first-order valence-electron chi connectivity index (χ1n) is 6.72. The topological polar surface area (TPSA) is 0 Å². The third-order valence-electron chi connectivity index (χ3n) is 4.95. The van der Waals surface area contributed by atoms with Crippen LogP contribution in [-0.4, -0.2) is 0 Å². The van der Waals surface area contributed by atoms with Crippen LogP contribution < -0.4 is 0 Å². The smallest absolute Gasteiger partial charge is 0.0297 e. The summed E-state index contributed by atoms with van der Waals surface area (Å²) in [6.45, 7) is 4.81. The van der Waals surface area contributed by atoms with Gasteiger partial charge in [-0.1, -0.05) is 33.1 Å². The lowest BCUT2D eigenvalue weighted by atomic mass is 9.62. The van der Waals surface area contributed by atoms with E-state index in [1.807, 2.05) is 0 Å². The fourth-order valence-electron chi connectivity index (χ4n) is 3.72. The summed E-state index contributed by atoms with van der Waals surface area (Å²) in [6, 6.07) is 0. The lowest BCUT2D eigenvalue weighted by molar-refractivity contribution is 0.0829. The van der Waals surface area contributed by atoms with Gasteiger partial charge in [0.1, 0.15) is 0 Å². The molecule has 0 aliphatic heterocycles. The van der Waals surface area contributed by atoms with Gasteiger partial charge in [-0.25, -0.2) is 0 Å². The molecule has 2 saturated carbocycles. The Labute approximate surface area is 89.5 Å². The fourth-order valence-corrected chi connectivity index (χ4v) is 3.72. The van der Waals surface area contributed by atoms with Crippen LogP contribution in [0.2, 0.25) is 0 Å². The van der Waals surface area contributed by atoms with Crippen LogP contribution in [0.1, 0.15) is 71.6 Å². The molecule has 0 aromatic heterocycles. The van der Waals surface area contributed by atoms with E-state index < -0.39 is 0 Å². The first-order chi connectivity index (χ1) is 6.72. The molecule has 0 heteroatoms. The minimum absolute atomic E-state index is 0.823. The van der Waals surface area contributed by atoms with Crippen molar-refractivity contribution in [2.24, 2.45) is 17.3 Å². The molecule has 0 radical (unpaired) electrons. The van der Waals surface area contributed by atoms with Gasteiger partial charge in [0.05, 0.1) is 0 Å². The van der Waals surface area contributed by atoms with Crippen LogP contribution in [0, 0.1) is 17.3 Å². The van der Waals surface area contributed by atoms with Crippen molar-refractivity contribution in [2.75, 3.05) is 0 Å². The molecular weight excluding hydrogens is 168 g/mol. The van der Waals surface area contributed by atoms with E-state index in [9.17, 15) is 0 Å². The average Bonchev–Trinajstić information content (AvgIpc) is 2.19. The van der Waals surface area contributed by atoms with E-state index in [0.29, 0.717) is 0 Å². The van der Waals surface area contributed by atoms with Gasteiger partial charge >= 0.3 is 0 Å². The van der Waals surface area contributed by atoms with Crippen molar-refractivity contribution < 1.29 is 0 Å². The van der Waals surface area contributed by atoms with Crippen molar-refractivity contribution in [1.29, 1.82) is 0 Å². The highest BCUT2D eigenvalue weighted by molar-refractivity contribution is 4.88. The van der Waals surface area contributed by atoms with Crippen molar-refractivity contribution >= 4 is 0 Å². The SMILES string of the molecule is CC(C)C1CCC2(CCCCC2)CC1. The molecule has 0 N–H and O–H groups in total. The second kappa shape index (κ2) is 4.24. The fraction of sp³-hybridized carbons (Fsp3) is 1.00. The molecule has 0 bridgehead atoms. The van der Waals surface area contributed by atoms with Gasteiger partial charge in [0, 0.05) is 0 Å². The molecular formula is C14H26. The van der Waals surface area contributed by atoms with Crippen molar-refractivity contribution in [1.82, 2.24) is 0 Å². The molecule has 2 aliphatic carbocycles. The summed E-state index contributed by atoms with van der Waals surface area (Å²) < 4.78 is 0. The van der Waals surface area contributed by atoms with Crippen LogP contribution in [0.15, 0.2) is 0 Å². The van der Waals surface area contributed by atoms with Gasteiger partial charge in [-0.05, 0) is 55.8 Å². The first kappa shape index (κ1) is 10.5. The van der Waals surface area contributed by atoms with Gasteiger partial charge in [0.25, 0.3) is 0 Å². The second-order valence-electron chi connectivity index (χ2n) is 6.14. The summed E-state index contributed by atoms with van der Waals surface area (Å²) in [5.74, 6) is 1.97. The molecule has 1 spiro atoms. The number of hydrogen-bond donors (Lipinski definition) is 0. The molecule has 14 heavy (non-hydrogen) atoms. The maximum atomic E-state index is 2.41. The summed E-state index contributed by atoms with van der Waals surface area (Å²) >= 11 is 0. The molecule has 0 aromatic carbocycles. The summed E-state index contributed by atoms with van der Waals surface area (Å²) in [6.07, 6.45) is 13.8. The van der Waals surface area contributed by atoms with Gasteiger partial charge in [-0.2, -0.15) is 0 Å².